The quantitative estimate of drug-likeness (QED) is 0.800. The van der Waals surface area contributed by atoms with Gasteiger partial charge in [-0.05, 0) is 25.2 Å². The third-order valence-electron chi connectivity index (χ3n) is 3.04. The van der Waals surface area contributed by atoms with Crippen LogP contribution in [0.4, 0.5) is 0 Å². The van der Waals surface area contributed by atoms with Gasteiger partial charge in [0.1, 0.15) is 11.3 Å². The maximum atomic E-state index is 10.5. The molecule has 1 aromatic rings. The summed E-state index contributed by atoms with van der Waals surface area (Å²) in [7, 11) is 1.55. The van der Waals surface area contributed by atoms with Gasteiger partial charge in [-0.15, -0.1) is 0 Å². The molecule has 15 heavy (non-hydrogen) atoms. The van der Waals surface area contributed by atoms with Crippen molar-refractivity contribution < 1.29 is 9.84 Å². The molecule has 2 rings (SSSR count). The molecule has 1 aliphatic rings. The Hall–Kier alpha value is -1.16. The molecule has 0 amide bonds. The molecule has 2 atom stereocenters. The van der Waals surface area contributed by atoms with Crippen molar-refractivity contribution in [1.29, 1.82) is 0 Å². The molecule has 82 valence electrons. The highest BCUT2D eigenvalue weighted by Gasteiger charge is 2.40. The Balaban J connectivity index is 2.36. The van der Waals surface area contributed by atoms with Crippen LogP contribution in [-0.4, -0.2) is 22.2 Å². The van der Waals surface area contributed by atoms with Crippen LogP contribution in [0.25, 0.3) is 0 Å². The molecule has 0 aromatic carbocycles. The minimum atomic E-state index is -0.848. The molecular weight excluding hydrogens is 192 g/mol. The molecule has 0 spiro atoms. The molecule has 2 unspecified atom stereocenters. The summed E-state index contributed by atoms with van der Waals surface area (Å²) in [5.41, 5.74) is -0.268. The second-order valence-electron chi connectivity index (χ2n) is 4.29. The maximum Gasteiger partial charge on any atom is 0.238 e. The third-order valence-corrected chi connectivity index (χ3v) is 3.04. The van der Waals surface area contributed by atoms with Crippen LogP contribution in [0.2, 0.25) is 0 Å². The van der Waals surface area contributed by atoms with Crippen LogP contribution in [0.15, 0.2) is 12.4 Å². The van der Waals surface area contributed by atoms with Gasteiger partial charge < -0.3 is 9.84 Å². The van der Waals surface area contributed by atoms with E-state index in [1.54, 1.807) is 19.5 Å². The van der Waals surface area contributed by atoms with E-state index in [9.17, 15) is 5.11 Å². The highest BCUT2D eigenvalue weighted by Crippen LogP contribution is 2.43. The second kappa shape index (κ2) is 3.77. The molecule has 0 saturated heterocycles. The van der Waals surface area contributed by atoms with E-state index in [2.05, 4.69) is 16.9 Å². The van der Waals surface area contributed by atoms with Crippen LogP contribution in [-0.2, 0) is 5.60 Å². The Kier molecular flexibility index (Phi) is 2.61. The Morgan fingerprint density at radius 1 is 1.47 bits per heavy atom. The summed E-state index contributed by atoms with van der Waals surface area (Å²) in [6.45, 7) is 2.14. The lowest BCUT2D eigenvalue weighted by molar-refractivity contribution is 0.0329. The molecule has 1 saturated carbocycles. The predicted octanol–water partition coefficient (Wildman–Crippen LogP) is 1.49. The van der Waals surface area contributed by atoms with Gasteiger partial charge in [-0.25, -0.2) is 4.98 Å². The molecule has 4 nitrogen and oxygen atoms in total. The van der Waals surface area contributed by atoms with Crippen molar-refractivity contribution in [3.8, 4) is 5.88 Å². The van der Waals surface area contributed by atoms with Gasteiger partial charge in [0.25, 0.3) is 0 Å². The van der Waals surface area contributed by atoms with E-state index in [0.717, 1.165) is 19.3 Å². The number of nitrogens with zero attached hydrogens (tertiary/aromatic N) is 2. The number of aromatic nitrogens is 2. The Morgan fingerprint density at radius 2 is 2.20 bits per heavy atom. The fourth-order valence-corrected chi connectivity index (χ4v) is 2.27. The molecule has 4 heteroatoms. The van der Waals surface area contributed by atoms with Crippen molar-refractivity contribution in [2.45, 2.75) is 31.8 Å². The average Bonchev–Trinajstić information content (AvgIpc) is 2.60. The van der Waals surface area contributed by atoms with Crippen LogP contribution in [0.1, 0.15) is 31.9 Å². The molecule has 1 N–H and O–H groups in total. The van der Waals surface area contributed by atoms with E-state index >= 15 is 0 Å². The van der Waals surface area contributed by atoms with Gasteiger partial charge in [0.15, 0.2) is 0 Å². The van der Waals surface area contributed by atoms with Gasteiger partial charge >= 0.3 is 0 Å². The largest absolute Gasteiger partial charge is 0.480 e. The fraction of sp³-hybridized carbons (Fsp3) is 0.636. The Bertz CT molecular complexity index is 356. The smallest absolute Gasteiger partial charge is 0.238 e. The Labute approximate surface area is 89.3 Å². The first-order valence-electron chi connectivity index (χ1n) is 5.23. The molecule has 1 aliphatic carbocycles. The van der Waals surface area contributed by atoms with Gasteiger partial charge in [0.2, 0.25) is 5.88 Å². The lowest BCUT2D eigenvalue weighted by Crippen LogP contribution is -2.24. The molecule has 0 aliphatic heterocycles. The van der Waals surface area contributed by atoms with Crippen molar-refractivity contribution >= 4 is 0 Å². The molecular formula is C11H16N2O2. The van der Waals surface area contributed by atoms with Crippen LogP contribution in [0.3, 0.4) is 0 Å². The summed E-state index contributed by atoms with van der Waals surface area (Å²) in [4.78, 5) is 8.27. The van der Waals surface area contributed by atoms with Crippen LogP contribution in [0.5, 0.6) is 5.88 Å². The van der Waals surface area contributed by atoms with Crippen molar-refractivity contribution in [3.63, 3.8) is 0 Å². The first kappa shape index (κ1) is 10.4. The first-order chi connectivity index (χ1) is 7.15. The number of ether oxygens (including phenoxy) is 1. The van der Waals surface area contributed by atoms with E-state index in [-0.39, 0.29) is 0 Å². The Morgan fingerprint density at radius 3 is 2.80 bits per heavy atom. The van der Waals surface area contributed by atoms with Crippen LogP contribution in [0, 0.1) is 5.92 Å². The number of hydrogen-bond acceptors (Lipinski definition) is 4. The summed E-state index contributed by atoms with van der Waals surface area (Å²) in [6, 6.07) is 0. The van der Waals surface area contributed by atoms with E-state index in [1.807, 2.05) is 0 Å². The SMILES string of the molecule is COc1nccnc1C1(O)CCC(C)C1. The van der Waals surface area contributed by atoms with Crippen molar-refractivity contribution in [1.82, 2.24) is 9.97 Å². The van der Waals surface area contributed by atoms with Gasteiger partial charge in [-0.3, -0.25) is 4.98 Å². The number of hydrogen-bond donors (Lipinski definition) is 1. The van der Waals surface area contributed by atoms with Crippen LogP contribution < -0.4 is 4.74 Å². The lowest BCUT2D eigenvalue weighted by atomic mass is 9.96. The zero-order valence-corrected chi connectivity index (χ0v) is 9.10. The first-order valence-corrected chi connectivity index (χ1v) is 5.23. The monoisotopic (exact) mass is 208 g/mol. The summed E-state index contributed by atoms with van der Waals surface area (Å²) in [5, 5.41) is 10.5. The second-order valence-corrected chi connectivity index (χ2v) is 4.29. The fourth-order valence-electron chi connectivity index (χ4n) is 2.27. The number of rotatable bonds is 2. The van der Waals surface area contributed by atoms with Gasteiger partial charge in [0.05, 0.1) is 7.11 Å². The molecule has 1 aromatic heterocycles. The topological polar surface area (TPSA) is 55.2 Å². The summed E-state index contributed by atoms with van der Waals surface area (Å²) in [6.07, 6.45) is 5.67. The minimum Gasteiger partial charge on any atom is -0.480 e. The van der Waals surface area contributed by atoms with Crippen LogP contribution >= 0.6 is 0 Å². The van der Waals surface area contributed by atoms with Gasteiger partial charge in [-0.2, -0.15) is 0 Å². The average molecular weight is 208 g/mol. The molecule has 1 heterocycles. The van der Waals surface area contributed by atoms with Crippen molar-refractivity contribution in [2.75, 3.05) is 7.11 Å². The molecule has 0 bridgehead atoms. The van der Waals surface area contributed by atoms with E-state index < -0.39 is 5.60 Å². The highest BCUT2D eigenvalue weighted by atomic mass is 16.5. The minimum absolute atomic E-state index is 0.439. The zero-order valence-electron chi connectivity index (χ0n) is 9.10. The van der Waals surface area contributed by atoms with Gasteiger partial charge in [-0.1, -0.05) is 6.92 Å². The molecule has 1 fully saturated rings. The third kappa shape index (κ3) is 1.81. The summed E-state index contributed by atoms with van der Waals surface area (Å²) in [5.74, 6) is 0.968. The molecule has 0 radical (unpaired) electrons. The van der Waals surface area contributed by atoms with Gasteiger partial charge in [0, 0.05) is 12.4 Å². The maximum absolute atomic E-state index is 10.5. The van der Waals surface area contributed by atoms with E-state index in [1.165, 1.54) is 0 Å². The lowest BCUT2D eigenvalue weighted by Gasteiger charge is -2.22. The van der Waals surface area contributed by atoms with E-state index in [4.69, 9.17) is 4.74 Å². The highest BCUT2D eigenvalue weighted by molar-refractivity contribution is 5.25. The standard InChI is InChI=1S/C11H16N2O2/c1-8-3-4-11(14,7-8)9-10(15-2)13-6-5-12-9/h5-6,8,14H,3-4,7H2,1-2H3. The normalized spacial score (nSPS) is 30.5. The summed E-state index contributed by atoms with van der Waals surface area (Å²) < 4.78 is 5.12. The van der Waals surface area contributed by atoms with Crippen molar-refractivity contribution in [2.24, 2.45) is 5.92 Å². The van der Waals surface area contributed by atoms with E-state index in [0.29, 0.717) is 17.5 Å². The zero-order chi connectivity index (χ0) is 10.9. The van der Waals surface area contributed by atoms with Crippen molar-refractivity contribution in [3.05, 3.63) is 18.1 Å². The summed E-state index contributed by atoms with van der Waals surface area (Å²) >= 11 is 0. The predicted molar refractivity (Wildman–Crippen MR) is 55.5 cm³/mol. The number of methoxy groups -OCH3 is 1. The number of aliphatic hydroxyl groups is 1.